The lowest BCUT2D eigenvalue weighted by molar-refractivity contribution is -0.131. The molecule has 0 heterocycles. The third-order valence-corrected chi connectivity index (χ3v) is 9.32. The molecule has 0 aromatic carbocycles. The lowest BCUT2D eigenvalue weighted by Crippen LogP contribution is -2.43. The Bertz CT molecular complexity index is 898. The van der Waals surface area contributed by atoms with Gasteiger partial charge in [0.05, 0.1) is 7.85 Å². The van der Waals surface area contributed by atoms with Crippen LogP contribution in [0.15, 0.2) is 34.4 Å². The first-order chi connectivity index (χ1) is 17.1. The van der Waals surface area contributed by atoms with Crippen molar-refractivity contribution >= 4 is 19.4 Å². The van der Waals surface area contributed by atoms with E-state index in [-0.39, 0.29) is 22.4 Å². The van der Waals surface area contributed by atoms with E-state index in [1.54, 1.807) is 0 Å². The highest BCUT2D eigenvalue weighted by molar-refractivity contribution is 6.42. The van der Waals surface area contributed by atoms with Gasteiger partial charge < -0.3 is 0 Å². The monoisotopic (exact) mass is 490 g/mol. The number of Topliss-reactive ketones (excluding diaryl/α,β-unsaturated/α-hetero) is 2. The van der Waals surface area contributed by atoms with E-state index in [9.17, 15) is 9.59 Å². The van der Waals surface area contributed by atoms with Gasteiger partial charge >= 0.3 is 0 Å². The van der Waals surface area contributed by atoms with Gasteiger partial charge in [0, 0.05) is 22.2 Å². The van der Waals surface area contributed by atoms with Crippen LogP contribution in [0.2, 0.25) is 5.82 Å². The number of ketones is 2. The van der Waals surface area contributed by atoms with Crippen molar-refractivity contribution in [2.24, 2.45) is 16.2 Å². The zero-order chi connectivity index (χ0) is 26.6. The Balaban J connectivity index is 2.05. The minimum Gasteiger partial charge on any atom is -0.299 e. The van der Waals surface area contributed by atoms with Gasteiger partial charge in [-0.2, -0.15) is 0 Å². The molecule has 0 spiro atoms. The van der Waals surface area contributed by atoms with Crippen molar-refractivity contribution in [1.82, 2.24) is 0 Å². The Morgan fingerprint density at radius 1 is 0.750 bits per heavy atom. The van der Waals surface area contributed by atoms with Crippen LogP contribution in [0.25, 0.3) is 0 Å². The van der Waals surface area contributed by atoms with Gasteiger partial charge in [0.1, 0.15) is 5.78 Å². The topological polar surface area (TPSA) is 34.1 Å². The van der Waals surface area contributed by atoms with E-state index >= 15 is 0 Å². The number of hydrogen-bond donors (Lipinski definition) is 0. The molecule has 2 nitrogen and oxygen atoms in total. The van der Waals surface area contributed by atoms with Gasteiger partial charge in [0.25, 0.3) is 0 Å². The summed E-state index contributed by atoms with van der Waals surface area (Å²) in [6, 6.07) is 0. The number of hydrogen-bond acceptors (Lipinski definition) is 2. The fraction of sp³-hybridized carbons (Fsp3) is 0.758. The van der Waals surface area contributed by atoms with E-state index in [0.717, 1.165) is 43.3 Å². The van der Waals surface area contributed by atoms with Crippen LogP contribution in [-0.4, -0.2) is 19.4 Å². The van der Waals surface area contributed by atoms with Crippen LogP contribution < -0.4 is 0 Å². The molecule has 36 heavy (non-hydrogen) atoms. The summed E-state index contributed by atoms with van der Waals surface area (Å²) in [5.74, 6) is -1.23. The fourth-order valence-corrected chi connectivity index (χ4v) is 7.22. The molecule has 0 aromatic rings. The fourth-order valence-electron chi connectivity index (χ4n) is 7.22. The molecule has 0 saturated heterocycles. The zero-order valence-corrected chi connectivity index (χ0v) is 24.2. The summed E-state index contributed by atoms with van der Waals surface area (Å²) in [6.45, 7) is 13.1. The summed E-state index contributed by atoms with van der Waals surface area (Å²) < 4.78 is 0. The quantitative estimate of drug-likeness (QED) is 0.138. The maximum absolute atomic E-state index is 14.0. The highest BCUT2D eigenvalue weighted by Gasteiger charge is 2.59. The van der Waals surface area contributed by atoms with Crippen molar-refractivity contribution in [3.8, 4) is 0 Å². The second-order valence-corrected chi connectivity index (χ2v) is 13.0. The molecule has 3 aliphatic rings. The van der Waals surface area contributed by atoms with Crippen molar-refractivity contribution < 1.29 is 9.59 Å². The highest BCUT2D eigenvalue weighted by Crippen LogP contribution is 2.65. The molecule has 2 radical (unpaired) electrons. The molecule has 0 N–H and O–H groups in total. The van der Waals surface area contributed by atoms with Crippen LogP contribution in [0.1, 0.15) is 138 Å². The van der Waals surface area contributed by atoms with Crippen LogP contribution in [-0.2, 0) is 9.59 Å². The lowest BCUT2D eigenvalue weighted by atomic mass is 9.56. The molecule has 1 unspecified atom stereocenters. The van der Waals surface area contributed by atoms with Crippen LogP contribution >= 0.6 is 0 Å². The second-order valence-electron chi connectivity index (χ2n) is 13.0. The third kappa shape index (κ3) is 5.42. The molecule has 198 valence electrons. The third-order valence-electron chi connectivity index (χ3n) is 9.32. The predicted octanol–water partition coefficient (Wildman–Crippen LogP) is 9.20. The molecule has 3 rings (SSSR count). The van der Waals surface area contributed by atoms with Crippen LogP contribution in [0.4, 0.5) is 0 Å². The van der Waals surface area contributed by atoms with Gasteiger partial charge in [-0.3, -0.25) is 9.59 Å². The molecule has 0 saturated carbocycles. The number of rotatable bonds is 14. The Kier molecular flexibility index (Phi) is 9.72. The van der Waals surface area contributed by atoms with Crippen molar-refractivity contribution in [2.75, 3.05) is 0 Å². The summed E-state index contributed by atoms with van der Waals surface area (Å²) in [7, 11) is 6.38. The standard InChI is InChI=1S/C33H51BO2/c1-7-9-11-13-15-17-22-33(23-18-16-14-12-10-8-2)24-20-19-21-31(3,4)25(24)26-27(33)29(35)28(34)30(36)32(26,5)6/h19-20,28H,7-18,21-23H2,1-6H3. The number of unbranched alkanes of at least 4 members (excludes halogenated alkanes) is 10. The number of carbonyl (C=O) groups excluding carboxylic acids is 2. The van der Waals surface area contributed by atoms with Gasteiger partial charge in [0.2, 0.25) is 0 Å². The Hall–Kier alpha value is -1.38. The Morgan fingerprint density at radius 3 is 1.78 bits per heavy atom. The van der Waals surface area contributed by atoms with Gasteiger partial charge in [-0.05, 0) is 55.2 Å². The summed E-state index contributed by atoms with van der Waals surface area (Å²) in [4.78, 5) is 27.4. The number of allylic oxidation sites excluding steroid dienone is 6. The summed E-state index contributed by atoms with van der Waals surface area (Å²) in [6.07, 6.45) is 22.4. The van der Waals surface area contributed by atoms with Gasteiger partial charge in [-0.1, -0.05) is 117 Å². The molecule has 0 amide bonds. The van der Waals surface area contributed by atoms with E-state index in [2.05, 4.69) is 39.8 Å². The van der Waals surface area contributed by atoms with Gasteiger partial charge in [-0.25, -0.2) is 0 Å². The van der Waals surface area contributed by atoms with Crippen molar-refractivity contribution in [2.45, 2.75) is 144 Å². The number of carbonyl (C=O) groups is 2. The summed E-state index contributed by atoms with van der Waals surface area (Å²) in [5.41, 5.74) is 3.49. The Labute approximate surface area is 223 Å². The van der Waals surface area contributed by atoms with Crippen molar-refractivity contribution in [3.05, 3.63) is 34.4 Å². The largest absolute Gasteiger partial charge is 0.299 e. The zero-order valence-electron chi connectivity index (χ0n) is 24.2. The first-order valence-electron chi connectivity index (χ1n) is 15.1. The first kappa shape index (κ1) is 29.2. The molecular weight excluding hydrogens is 439 g/mol. The lowest BCUT2D eigenvalue weighted by Gasteiger charge is -2.41. The molecule has 3 heteroatoms. The summed E-state index contributed by atoms with van der Waals surface area (Å²) in [5, 5.41) is 0. The van der Waals surface area contributed by atoms with E-state index in [0.29, 0.717) is 0 Å². The Morgan fingerprint density at radius 2 is 1.25 bits per heavy atom. The van der Waals surface area contributed by atoms with Gasteiger partial charge in [0.15, 0.2) is 5.78 Å². The van der Waals surface area contributed by atoms with Crippen LogP contribution in [0, 0.1) is 16.2 Å². The van der Waals surface area contributed by atoms with Gasteiger partial charge in [-0.15, -0.1) is 0 Å². The molecule has 0 fully saturated rings. The highest BCUT2D eigenvalue weighted by atomic mass is 16.2. The minimum absolute atomic E-state index is 0.0894. The van der Waals surface area contributed by atoms with E-state index < -0.39 is 11.2 Å². The first-order valence-corrected chi connectivity index (χ1v) is 15.1. The van der Waals surface area contributed by atoms with E-state index in [1.165, 1.54) is 75.4 Å². The molecule has 0 bridgehead atoms. The maximum Gasteiger partial charge on any atom is 0.161 e. The molecule has 0 aliphatic heterocycles. The summed E-state index contributed by atoms with van der Waals surface area (Å²) >= 11 is 0. The van der Waals surface area contributed by atoms with Crippen molar-refractivity contribution in [3.63, 3.8) is 0 Å². The van der Waals surface area contributed by atoms with Crippen LogP contribution in [0.3, 0.4) is 0 Å². The average Bonchev–Trinajstić information content (AvgIpc) is 3.14. The van der Waals surface area contributed by atoms with E-state index in [4.69, 9.17) is 7.85 Å². The smallest absolute Gasteiger partial charge is 0.161 e. The SMILES string of the molecule is [B]C1C(=O)C2=C(C3=C(C=CCC3(C)C)C2(CCCCCCCC)CCCCCCCC)C(C)(C)C1=O. The average molecular weight is 491 g/mol. The van der Waals surface area contributed by atoms with Crippen LogP contribution in [0.5, 0.6) is 0 Å². The minimum atomic E-state index is -1.03. The molecule has 1 atom stereocenters. The predicted molar refractivity (Wildman–Crippen MR) is 153 cm³/mol. The maximum atomic E-state index is 14.0. The molecule has 3 aliphatic carbocycles. The normalized spacial score (nSPS) is 23.9. The molecular formula is C33H51BO2. The van der Waals surface area contributed by atoms with Crippen molar-refractivity contribution in [1.29, 1.82) is 0 Å². The van der Waals surface area contributed by atoms with E-state index in [1.807, 2.05) is 13.8 Å². The molecule has 0 aromatic heterocycles. The number of fused-ring (bicyclic) bond motifs is 1. The second kappa shape index (κ2) is 12.0.